The highest BCUT2D eigenvalue weighted by Crippen LogP contribution is 2.22. The van der Waals surface area contributed by atoms with Crippen molar-refractivity contribution in [1.82, 2.24) is 14.3 Å². The van der Waals surface area contributed by atoms with Gasteiger partial charge >= 0.3 is 0 Å². The van der Waals surface area contributed by atoms with E-state index in [-0.39, 0.29) is 17.4 Å². The van der Waals surface area contributed by atoms with Crippen molar-refractivity contribution in [2.24, 2.45) is 13.0 Å². The molecular formula is C25H30N4O2. The molecule has 1 aromatic heterocycles. The number of carbonyl (C=O) groups is 1. The number of piperidine rings is 1. The van der Waals surface area contributed by atoms with E-state index in [4.69, 9.17) is 0 Å². The van der Waals surface area contributed by atoms with Gasteiger partial charge in [0, 0.05) is 19.5 Å². The van der Waals surface area contributed by atoms with Crippen LogP contribution >= 0.6 is 0 Å². The quantitative estimate of drug-likeness (QED) is 0.688. The standard InChI is InChI=1S/C25H30N4O2/c1-18-8-7-9-20(16-18)17-28-14-12-21(13-15-28)24(30)26-23-19(2)27(3)29(25(23)31)22-10-5-4-6-11-22/h4-11,16,21H,12-15,17H2,1-3H3,(H,26,30). The number of hydrogen-bond acceptors (Lipinski definition) is 3. The lowest BCUT2D eigenvalue weighted by Gasteiger charge is -2.31. The van der Waals surface area contributed by atoms with Gasteiger partial charge in [0.2, 0.25) is 5.91 Å². The highest BCUT2D eigenvalue weighted by Gasteiger charge is 2.27. The van der Waals surface area contributed by atoms with Gasteiger partial charge in [-0.05, 0) is 57.5 Å². The number of hydrogen-bond donors (Lipinski definition) is 1. The molecule has 6 nitrogen and oxygen atoms in total. The first-order chi connectivity index (χ1) is 14.9. The Hall–Kier alpha value is -3.12. The van der Waals surface area contributed by atoms with Crippen molar-refractivity contribution in [1.29, 1.82) is 0 Å². The minimum Gasteiger partial charge on any atom is -0.320 e. The van der Waals surface area contributed by atoms with Crippen LogP contribution < -0.4 is 10.9 Å². The molecule has 0 radical (unpaired) electrons. The molecule has 1 saturated heterocycles. The normalized spacial score (nSPS) is 15.2. The third-order valence-electron chi connectivity index (χ3n) is 6.25. The van der Waals surface area contributed by atoms with Crippen LogP contribution in [0, 0.1) is 19.8 Å². The molecule has 2 aromatic carbocycles. The van der Waals surface area contributed by atoms with Crippen LogP contribution in [0.5, 0.6) is 0 Å². The summed E-state index contributed by atoms with van der Waals surface area (Å²) in [7, 11) is 1.84. The SMILES string of the molecule is Cc1cccc(CN2CCC(C(=O)Nc3c(C)n(C)n(-c4ccccc4)c3=O)CC2)c1. The smallest absolute Gasteiger partial charge is 0.295 e. The summed E-state index contributed by atoms with van der Waals surface area (Å²) in [5.41, 5.74) is 4.28. The number of nitrogens with zero attached hydrogens (tertiary/aromatic N) is 3. The van der Waals surface area contributed by atoms with Gasteiger partial charge in [-0.15, -0.1) is 0 Å². The van der Waals surface area contributed by atoms with Crippen LogP contribution in [0.1, 0.15) is 29.7 Å². The molecule has 0 spiro atoms. The molecule has 1 aliphatic rings. The van der Waals surface area contributed by atoms with E-state index in [0.29, 0.717) is 5.69 Å². The van der Waals surface area contributed by atoms with E-state index in [9.17, 15) is 9.59 Å². The summed E-state index contributed by atoms with van der Waals surface area (Å²) in [6.07, 6.45) is 1.60. The van der Waals surface area contributed by atoms with E-state index in [1.54, 1.807) is 9.36 Å². The number of benzene rings is 2. The lowest BCUT2D eigenvalue weighted by molar-refractivity contribution is -0.121. The Morgan fingerprint density at radius 3 is 2.42 bits per heavy atom. The maximum Gasteiger partial charge on any atom is 0.295 e. The average molecular weight is 419 g/mol. The molecular weight excluding hydrogens is 388 g/mol. The number of carbonyl (C=O) groups excluding carboxylic acids is 1. The van der Waals surface area contributed by atoms with Crippen LogP contribution in [0.2, 0.25) is 0 Å². The molecule has 1 fully saturated rings. The zero-order valence-corrected chi connectivity index (χ0v) is 18.5. The number of para-hydroxylation sites is 1. The molecule has 6 heteroatoms. The van der Waals surface area contributed by atoms with E-state index in [0.717, 1.165) is 43.9 Å². The van der Waals surface area contributed by atoms with Gasteiger partial charge in [0.25, 0.3) is 5.56 Å². The Labute approximate surface area is 183 Å². The summed E-state index contributed by atoms with van der Waals surface area (Å²) in [5.74, 6) is -0.126. The Kier molecular flexibility index (Phi) is 6.09. The van der Waals surface area contributed by atoms with E-state index >= 15 is 0 Å². The van der Waals surface area contributed by atoms with Crippen LogP contribution in [0.15, 0.2) is 59.4 Å². The third kappa shape index (κ3) is 4.49. The van der Waals surface area contributed by atoms with Gasteiger partial charge in [-0.25, -0.2) is 4.68 Å². The van der Waals surface area contributed by atoms with Gasteiger partial charge in [-0.1, -0.05) is 48.0 Å². The number of rotatable bonds is 5. The van der Waals surface area contributed by atoms with Crippen molar-refractivity contribution >= 4 is 11.6 Å². The monoisotopic (exact) mass is 418 g/mol. The van der Waals surface area contributed by atoms with Gasteiger partial charge in [0.1, 0.15) is 5.69 Å². The molecule has 0 atom stereocenters. The largest absolute Gasteiger partial charge is 0.320 e. The predicted molar refractivity (Wildman–Crippen MR) is 124 cm³/mol. The van der Waals surface area contributed by atoms with E-state index in [2.05, 4.69) is 41.4 Å². The number of nitrogens with one attached hydrogen (secondary N) is 1. The zero-order valence-electron chi connectivity index (χ0n) is 18.5. The molecule has 0 aliphatic carbocycles. The van der Waals surface area contributed by atoms with Crippen molar-refractivity contribution in [3.05, 3.63) is 81.8 Å². The van der Waals surface area contributed by atoms with Gasteiger partial charge in [0.15, 0.2) is 0 Å². The number of anilines is 1. The van der Waals surface area contributed by atoms with Crippen LogP contribution in [0.25, 0.3) is 5.69 Å². The minimum absolute atomic E-state index is 0.0544. The second-order valence-electron chi connectivity index (χ2n) is 8.47. The number of aryl methyl sites for hydroxylation is 1. The highest BCUT2D eigenvalue weighted by molar-refractivity contribution is 5.93. The molecule has 1 aliphatic heterocycles. The van der Waals surface area contributed by atoms with Gasteiger partial charge in [-0.2, -0.15) is 0 Å². The van der Waals surface area contributed by atoms with Crippen molar-refractivity contribution < 1.29 is 4.79 Å². The molecule has 1 N–H and O–H groups in total. The maximum absolute atomic E-state index is 13.0. The maximum atomic E-state index is 13.0. The minimum atomic E-state index is -0.198. The van der Waals surface area contributed by atoms with Gasteiger partial charge in [0.05, 0.1) is 11.4 Å². The molecule has 0 unspecified atom stereocenters. The Morgan fingerprint density at radius 1 is 1.03 bits per heavy atom. The Bertz CT molecular complexity index is 1120. The Balaban J connectivity index is 1.41. The lowest BCUT2D eigenvalue weighted by Crippen LogP contribution is -2.38. The second kappa shape index (κ2) is 8.94. The van der Waals surface area contributed by atoms with Crippen LogP contribution in [-0.4, -0.2) is 33.3 Å². The number of aromatic nitrogens is 2. The highest BCUT2D eigenvalue weighted by atomic mass is 16.2. The molecule has 0 bridgehead atoms. The van der Waals surface area contributed by atoms with Crippen molar-refractivity contribution in [3.63, 3.8) is 0 Å². The fourth-order valence-corrected chi connectivity index (χ4v) is 4.36. The summed E-state index contributed by atoms with van der Waals surface area (Å²) in [6.45, 7) is 6.65. The Morgan fingerprint density at radius 2 is 1.74 bits per heavy atom. The predicted octanol–water partition coefficient (Wildman–Crippen LogP) is 3.64. The fourth-order valence-electron chi connectivity index (χ4n) is 4.36. The van der Waals surface area contributed by atoms with Crippen LogP contribution in [-0.2, 0) is 18.4 Å². The van der Waals surface area contributed by atoms with Crippen LogP contribution in [0.3, 0.4) is 0 Å². The molecule has 0 saturated carbocycles. The molecule has 162 valence electrons. The summed E-state index contributed by atoms with van der Waals surface area (Å²) in [6, 6.07) is 18.0. The lowest BCUT2D eigenvalue weighted by atomic mass is 9.95. The summed E-state index contributed by atoms with van der Waals surface area (Å²) < 4.78 is 3.38. The van der Waals surface area contributed by atoms with E-state index in [1.807, 2.05) is 44.3 Å². The molecule has 4 rings (SSSR count). The van der Waals surface area contributed by atoms with Crippen LogP contribution in [0.4, 0.5) is 5.69 Å². The summed E-state index contributed by atoms with van der Waals surface area (Å²) in [5, 5.41) is 2.94. The fraction of sp³-hybridized carbons (Fsp3) is 0.360. The molecule has 2 heterocycles. The van der Waals surface area contributed by atoms with Gasteiger partial charge in [-0.3, -0.25) is 19.2 Å². The molecule has 31 heavy (non-hydrogen) atoms. The van der Waals surface area contributed by atoms with Gasteiger partial charge < -0.3 is 5.32 Å². The summed E-state index contributed by atoms with van der Waals surface area (Å²) >= 11 is 0. The first-order valence-electron chi connectivity index (χ1n) is 10.9. The van der Waals surface area contributed by atoms with Crippen molar-refractivity contribution in [2.45, 2.75) is 33.2 Å². The molecule has 1 amide bonds. The van der Waals surface area contributed by atoms with E-state index < -0.39 is 0 Å². The second-order valence-corrected chi connectivity index (χ2v) is 8.47. The zero-order chi connectivity index (χ0) is 22.0. The van der Waals surface area contributed by atoms with E-state index in [1.165, 1.54) is 11.1 Å². The first-order valence-corrected chi connectivity index (χ1v) is 10.9. The van der Waals surface area contributed by atoms with Crippen molar-refractivity contribution in [2.75, 3.05) is 18.4 Å². The van der Waals surface area contributed by atoms with Crippen molar-refractivity contribution in [3.8, 4) is 5.69 Å². The number of likely N-dealkylation sites (tertiary alicyclic amines) is 1. The first kappa shape index (κ1) is 21.1. The molecule has 3 aromatic rings. The topological polar surface area (TPSA) is 59.3 Å². The average Bonchev–Trinajstić information content (AvgIpc) is 2.98. The summed E-state index contributed by atoms with van der Waals surface area (Å²) in [4.78, 5) is 28.4. The number of amides is 1. The third-order valence-corrected chi connectivity index (χ3v) is 6.25.